The first kappa shape index (κ1) is 16.9. The molecule has 0 aliphatic heterocycles. The third-order valence-electron chi connectivity index (χ3n) is 3.34. The molecule has 6 heteroatoms. The Morgan fingerprint density at radius 1 is 1.21 bits per heavy atom. The molecule has 19 heavy (non-hydrogen) atoms. The van der Waals surface area contributed by atoms with Gasteiger partial charge in [-0.25, -0.2) is 0 Å². The predicted octanol–water partition coefficient (Wildman–Crippen LogP) is 1.60. The number of nitrogens with zero attached hydrogens (tertiary/aromatic N) is 1. The lowest BCUT2D eigenvalue weighted by atomic mass is 9.92. The molecule has 1 saturated carbocycles. The van der Waals surface area contributed by atoms with Crippen LogP contribution in [0, 0.1) is 0 Å². The Labute approximate surface area is 118 Å². The summed E-state index contributed by atoms with van der Waals surface area (Å²) in [6, 6.07) is 0.331. The van der Waals surface area contributed by atoms with Crippen LogP contribution in [0.5, 0.6) is 0 Å². The SMILES string of the molecule is CCCN(C1CCC(N)CC1)S(=O)(=O)NC(C)(C)C. The first-order valence-electron chi connectivity index (χ1n) is 7.22. The van der Waals surface area contributed by atoms with Crippen molar-refractivity contribution in [2.24, 2.45) is 5.73 Å². The first-order chi connectivity index (χ1) is 8.65. The van der Waals surface area contributed by atoms with Crippen LogP contribution >= 0.6 is 0 Å². The molecule has 0 amide bonds. The molecule has 0 aromatic heterocycles. The molecule has 0 radical (unpaired) electrons. The average Bonchev–Trinajstić information content (AvgIpc) is 2.24. The number of hydrogen-bond donors (Lipinski definition) is 2. The summed E-state index contributed by atoms with van der Waals surface area (Å²) in [6.45, 7) is 8.18. The molecule has 0 unspecified atom stereocenters. The van der Waals surface area contributed by atoms with Crippen LogP contribution < -0.4 is 10.5 Å². The van der Waals surface area contributed by atoms with E-state index in [-0.39, 0.29) is 12.1 Å². The smallest absolute Gasteiger partial charge is 0.280 e. The monoisotopic (exact) mass is 291 g/mol. The van der Waals surface area contributed by atoms with Gasteiger partial charge in [0.1, 0.15) is 0 Å². The lowest BCUT2D eigenvalue weighted by Gasteiger charge is -2.36. The molecule has 1 aliphatic carbocycles. The van der Waals surface area contributed by atoms with Crippen LogP contribution in [0.3, 0.4) is 0 Å². The highest BCUT2D eigenvalue weighted by Crippen LogP contribution is 2.24. The molecule has 0 heterocycles. The molecule has 3 N–H and O–H groups in total. The van der Waals surface area contributed by atoms with Crippen LogP contribution in [0.15, 0.2) is 0 Å². The zero-order valence-electron chi connectivity index (χ0n) is 12.6. The van der Waals surface area contributed by atoms with Crippen LogP contribution in [0.4, 0.5) is 0 Å². The molecule has 0 aromatic carbocycles. The van der Waals surface area contributed by atoms with Crippen molar-refractivity contribution < 1.29 is 8.42 Å². The Morgan fingerprint density at radius 3 is 2.16 bits per heavy atom. The van der Waals surface area contributed by atoms with Gasteiger partial charge in [-0.3, -0.25) is 0 Å². The molecule has 0 atom stereocenters. The fourth-order valence-electron chi connectivity index (χ4n) is 2.55. The maximum atomic E-state index is 12.5. The fourth-order valence-corrected chi connectivity index (χ4v) is 4.47. The molecular formula is C13H29N3O2S. The first-order valence-corrected chi connectivity index (χ1v) is 8.66. The Balaban J connectivity index is 2.81. The van der Waals surface area contributed by atoms with Gasteiger partial charge in [-0.2, -0.15) is 17.4 Å². The van der Waals surface area contributed by atoms with Crippen molar-refractivity contribution in [3.05, 3.63) is 0 Å². The molecule has 1 fully saturated rings. The molecule has 114 valence electrons. The number of nitrogens with one attached hydrogen (secondary N) is 1. The van der Waals surface area contributed by atoms with Crippen LogP contribution in [0.2, 0.25) is 0 Å². The second kappa shape index (κ2) is 6.52. The fraction of sp³-hybridized carbons (Fsp3) is 1.00. The van der Waals surface area contributed by atoms with E-state index in [9.17, 15) is 8.42 Å². The minimum atomic E-state index is -3.42. The van der Waals surface area contributed by atoms with E-state index in [1.165, 1.54) is 0 Å². The van der Waals surface area contributed by atoms with E-state index in [0.29, 0.717) is 6.54 Å². The van der Waals surface area contributed by atoms with Gasteiger partial charge >= 0.3 is 0 Å². The van der Waals surface area contributed by atoms with Crippen LogP contribution in [0.25, 0.3) is 0 Å². The standard InChI is InChI=1S/C13H29N3O2S/c1-5-10-16(12-8-6-11(14)7-9-12)19(17,18)15-13(2,3)4/h11-12,15H,5-10,14H2,1-4H3. The largest absolute Gasteiger partial charge is 0.328 e. The highest BCUT2D eigenvalue weighted by molar-refractivity contribution is 7.87. The van der Waals surface area contributed by atoms with E-state index >= 15 is 0 Å². The van der Waals surface area contributed by atoms with Crippen molar-refractivity contribution in [2.45, 2.75) is 77.4 Å². The van der Waals surface area contributed by atoms with Gasteiger partial charge in [-0.15, -0.1) is 0 Å². The molecule has 1 rings (SSSR count). The van der Waals surface area contributed by atoms with Gasteiger partial charge in [-0.05, 0) is 52.9 Å². The molecule has 0 spiro atoms. The summed E-state index contributed by atoms with van der Waals surface area (Å²) >= 11 is 0. The molecule has 5 nitrogen and oxygen atoms in total. The zero-order valence-corrected chi connectivity index (χ0v) is 13.5. The van der Waals surface area contributed by atoms with Crippen LogP contribution in [0.1, 0.15) is 59.8 Å². The summed E-state index contributed by atoms with van der Waals surface area (Å²) in [5.41, 5.74) is 5.45. The Bertz CT molecular complexity index is 368. The van der Waals surface area contributed by atoms with E-state index in [1.807, 2.05) is 27.7 Å². The van der Waals surface area contributed by atoms with Crippen LogP contribution in [-0.4, -0.2) is 36.9 Å². The Morgan fingerprint density at radius 2 is 1.74 bits per heavy atom. The second-order valence-corrected chi connectivity index (χ2v) is 8.16. The Hall–Kier alpha value is -0.170. The molecule has 1 aliphatic rings. The number of rotatable bonds is 5. The highest BCUT2D eigenvalue weighted by Gasteiger charge is 2.33. The summed E-state index contributed by atoms with van der Waals surface area (Å²) in [7, 11) is -3.42. The van der Waals surface area contributed by atoms with Gasteiger partial charge < -0.3 is 5.73 Å². The van der Waals surface area contributed by atoms with Gasteiger partial charge in [0.05, 0.1) is 0 Å². The Kier molecular flexibility index (Phi) is 5.79. The van der Waals surface area contributed by atoms with Gasteiger partial charge in [0.15, 0.2) is 0 Å². The highest BCUT2D eigenvalue weighted by atomic mass is 32.2. The predicted molar refractivity (Wildman–Crippen MR) is 79.0 cm³/mol. The number of nitrogens with two attached hydrogens (primary N) is 1. The van der Waals surface area contributed by atoms with Crippen molar-refractivity contribution >= 4 is 10.2 Å². The third-order valence-corrected chi connectivity index (χ3v) is 5.31. The van der Waals surface area contributed by atoms with E-state index in [2.05, 4.69) is 4.72 Å². The summed E-state index contributed by atoms with van der Waals surface area (Å²) in [6.07, 6.45) is 4.39. The van der Waals surface area contributed by atoms with E-state index < -0.39 is 15.7 Å². The van der Waals surface area contributed by atoms with Gasteiger partial charge in [0.25, 0.3) is 10.2 Å². The van der Waals surface area contributed by atoms with E-state index in [1.54, 1.807) is 4.31 Å². The molecule has 0 saturated heterocycles. The van der Waals surface area contributed by atoms with Crippen LogP contribution in [-0.2, 0) is 10.2 Å². The van der Waals surface area contributed by atoms with Crippen molar-refractivity contribution in [3.63, 3.8) is 0 Å². The van der Waals surface area contributed by atoms with Gasteiger partial charge in [-0.1, -0.05) is 6.92 Å². The topological polar surface area (TPSA) is 75.4 Å². The molecule has 0 aromatic rings. The van der Waals surface area contributed by atoms with Crippen molar-refractivity contribution in [1.82, 2.24) is 9.03 Å². The van der Waals surface area contributed by atoms with Crippen molar-refractivity contribution in [2.75, 3.05) is 6.54 Å². The normalized spacial score (nSPS) is 25.8. The van der Waals surface area contributed by atoms with E-state index in [4.69, 9.17) is 5.73 Å². The summed E-state index contributed by atoms with van der Waals surface area (Å²) in [4.78, 5) is 0. The maximum absolute atomic E-state index is 12.5. The lowest BCUT2D eigenvalue weighted by molar-refractivity contribution is 0.235. The molecule has 0 bridgehead atoms. The van der Waals surface area contributed by atoms with E-state index in [0.717, 1.165) is 32.1 Å². The minimum absolute atomic E-state index is 0.0969. The summed E-state index contributed by atoms with van der Waals surface area (Å²) in [5, 5.41) is 0. The van der Waals surface area contributed by atoms with Crippen molar-refractivity contribution in [1.29, 1.82) is 0 Å². The minimum Gasteiger partial charge on any atom is -0.328 e. The zero-order chi connectivity index (χ0) is 14.7. The maximum Gasteiger partial charge on any atom is 0.280 e. The average molecular weight is 291 g/mol. The summed E-state index contributed by atoms with van der Waals surface area (Å²) < 4.78 is 29.4. The van der Waals surface area contributed by atoms with Crippen molar-refractivity contribution in [3.8, 4) is 0 Å². The second-order valence-electron chi connectivity index (χ2n) is 6.54. The van der Waals surface area contributed by atoms with Gasteiger partial charge in [0, 0.05) is 24.2 Å². The van der Waals surface area contributed by atoms with Gasteiger partial charge in [0.2, 0.25) is 0 Å². The summed E-state index contributed by atoms with van der Waals surface area (Å²) in [5.74, 6) is 0. The lowest BCUT2D eigenvalue weighted by Crippen LogP contribution is -2.53. The quantitative estimate of drug-likeness (QED) is 0.808. The third kappa shape index (κ3) is 5.38. The number of hydrogen-bond acceptors (Lipinski definition) is 3. The molecular weight excluding hydrogens is 262 g/mol.